The minimum atomic E-state index is 0.478. The minimum Gasteiger partial charge on any atom is -0.382 e. The van der Waals surface area contributed by atoms with E-state index in [1.807, 2.05) is 6.07 Å². The molecule has 1 aliphatic rings. The summed E-state index contributed by atoms with van der Waals surface area (Å²) in [6.07, 6.45) is 3.32. The van der Waals surface area contributed by atoms with Crippen molar-refractivity contribution in [2.75, 3.05) is 33.5 Å². The Balaban J connectivity index is 1.66. The smallest absolute Gasteiger partial charge is 0.0700 e. The van der Waals surface area contributed by atoms with Crippen molar-refractivity contribution in [2.24, 2.45) is 0 Å². The second kappa shape index (κ2) is 7.85. The average molecular weight is 284 g/mol. The van der Waals surface area contributed by atoms with Gasteiger partial charge in [0.1, 0.15) is 0 Å². The molecule has 0 bridgehead atoms. The number of ether oxygens (including phenoxy) is 2. The van der Waals surface area contributed by atoms with E-state index >= 15 is 0 Å². The largest absolute Gasteiger partial charge is 0.382 e. The summed E-state index contributed by atoms with van der Waals surface area (Å²) in [5.41, 5.74) is 2.80. The molecule has 1 N–H and O–H groups in total. The second-order valence-electron chi connectivity index (χ2n) is 4.85. The molecule has 1 aromatic rings. The maximum Gasteiger partial charge on any atom is 0.0700 e. The van der Waals surface area contributed by atoms with Crippen LogP contribution in [0.1, 0.15) is 30.0 Å². The predicted molar refractivity (Wildman–Crippen MR) is 77.8 cm³/mol. The van der Waals surface area contributed by atoms with E-state index in [1.165, 1.54) is 17.5 Å². The van der Waals surface area contributed by atoms with Crippen LogP contribution >= 0.6 is 11.6 Å². The molecule has 0 saturated heterocycles. The number of methoxy groups -OCH3 is 1. The van der Waals surface area contributed by atoms with Crippen LogP contribution in [0.5, 0.6) is 0 Å². The van der Waals surface area contributed by atoms with Crippen LogP contribution in [0.2, 0.25) is 5.02 Å². The summed E-state index contributed by atoms with van der Waals surface area (Å²) in [5, 5.41) is 4.43. The maximum atomic E-state index is 6.01. The molecule has 0 radical (unpaired) electrons. The summed E-state index contributed by atoms with van der Waals surface area (Å²) in [6.45, 7) is 3.13. The van der Waals surface area contributed by atoms with E-state index in [2.05, 4.69) is 17.4 Å². The fourth-order valence-electron chi connectivity index (χ4n) is 2.49. The highest BCUT2D eigenvalue weighted by atomic mass is 35.5. The van der Waals surface area contributed by atoms with Gasteiger partial charge in [-0.3, -0.25) is 0 Å². The normalized spacial score (nSPS) is 17.7. The number of rotatable bonds is 8. The second-order valence-corrected chi connectivity index (χ2v) is 5.28. The third kappa shape index (κ3) is 4.46. The first-order valence-corrected chi connectivity index (χ1v) is 7.27. The molecular formula is C15H22ClNO2. The van der Waals surface area contributed by atoms with Crippen LogP contribution in [-0.2, 0) is 15.9 Å². The first-order chi connectivity index (χ1) is 9.31. The van der Waals surface area contributed by atoms with Gasteiger partial charge in [-0.25, -0.2) is 0 Å². The average Bonchev–Trinajstić information content (AvgIpc) is 2.80. The first kappa shape index (κ1) is 14.8. The highest BCUT2D eigenvalue weighted by molar-refractivity contribution is 6.30. The van der Waals surface area contributed by atoms with Gasteiger partial charge in [0.05, 0.1) is 13.2 Å². The van der Waals surface area contributed by atoms with Gasteiger partial charge in [-0.2, -0.15) is 0 Å². The van der Waals surface area contributed by atoms with Gasteiger partial charge in [0, 0.05) is 24.8 Å². The monoisotopic (exact) mass is 283 g/mol. The third-order valence-electron chi connectivity index (χ3n) is 3.47. The van der Waals surface area contributed by atoms with Crippen LogP contribution in [0.4, 0.5) is 0 Å². The molecule has 2 rings (SSSR count). The van der Waals surface area contributed by atoms with E-state index in [4.69, 9.17) is 21.1 Å². The minimum absolute atomic E-state index is 0.478. The SMILES string of the molecule is COCCOCCCNC1CCc2cc(Cl)ccc21. The highest BCUT2D eigenvalue weighted by Crippen LogP contribution is 2.32. The third-order valence-corrected chi connectivity index (χ3v) is 3.71. The molecular weight excluding hydrogens is 262 g/mol. The van der Waals surface area contributed by atoms with E-state index in [9.17, 15) is 0 Å². The fraction of sp³-hybridized carbons (Fsp3) is 0.600. The van der Waals surface area contributed by atoms with E-state index in [0.29, 0.717) is 19.3 Å². The number of hydrogen-bond donors (Lipinski definition) is 1. The Bertz CT molecular complexity index is 398. The molecule has 1 aliphatic carbocycles. The molecule has 0 aliphatic heterocycles. The van der Waals surface area contributed by atoms with Crippen molar-refractivity contribution in [3.8, 4) is 0 Å². The zero-order valence-electron chi connectivity index (χ0n) is 11.5. The number of aryl methyl sites for hydroxylation is 1. The van der Waals surface area contributed by atoms with Gasteiger partial charge in [0.15, 0.2) is 0 Å². The van der Waals surface area contributed by atoms with Crippen LogP contribution in [0, 0.1) is 0 Å². The fourth-order valence-corrected chi connectivity index (χ4v) is 2.69. The molecule has 1 atom stereocenters. The topological polar surface area (TPSA) is 30.5 Å². The highest BCUT2D eigenvalue weighted by Gasteiger charge is 2.21. The predicted octanol–water partition coefficient (Wildman–Crippen LogP) is 2.97. The van der Waals surface area contributed by atoms with Gasteiger partial charge in [-0.1, -0.05) is 17.7 Å². The standard InChI is InChI=1S/C15H22ClNO2/c1-18-9-10-19-8-2-7-17-15-6-3-12-11-13(16)4-5-14(12)15/h4-5,11,15,17H,2-3,6-10H2,1H3. The summed E-state index contributed by atoms with van der Waals surface area (Å²) >= 11 is 6.01. The van der Waals surface area contributed by atoms with Gasteiger partial charge in [0.25, 0.3) is 0 Å². The van der Waals surface area contributed by atoms with Crippen LogP contribution in [0.3, 0.4) is 0 Å². The zero-order valence-corrected chi connectivity index (χ0v) is 12.2. The summed E-state index contributed by atoms with van der Waals surface area (Å²) in [7, 11) is 1.69. The number of fused-ring (bicyclic) bond motifs is 1. The molecule has 0 fully saturated rings. The molecule has 19 heavy (non-hydrogen) atoms. The van der Waals surface area contributed by atoms with E-state index in [0.717, 1.165) is 31.0 Å². The molecule has 1 aromatic carbocycles. The lowest BCUT2D eigenvalue weighted by molar-refractivity contribution is 0.0692. The Morgan fingerprint density at radius 1 is 1.32 bits per heavy atom. The van der Waals surface area contributed by atoms with Gasteiger partial charge in [-0.15, -0.1) is 0 Å². The van der Waals surface area contributed by atoms with Gasteiger partial charge in [-0.05, 0) is 49.1 Å². The van der Waals surface area contributed by atoms with E-state index < -0.39 is 0 Å². The summed E-state index contributed by atoms with van der Waals surface area (Å²) in [4.78, 5) is 0. The van der Waals surface area contributed by atoms with Crippen molar-refractivity contribution in [2.45, 2.75) is 25.3 Å². The lowest BCUT2D eigenvalue weighted by Crippen LogP contribution is -2.21. The Morgan fingerprint density at radius 2 is 2.21 bits per heavy atom. The van der Waals surface area contributed by atoms with Crippen molar-refractivity contribution in [1.29, 1.82) is 0 Å². The quantitative estimate of drug-likeness (QED) is 0.744. The van der Waals surface area contributed by atoms with Crippen LogP contribution in [-0.4, -0.2) is 33.5 Å². The van der Waals surface area contributed by atoms with Crippen molar-refractivity contribution in [3.05, 3.63) is 34.3 Å². The molecule has 0 aromatic heterocycles. The Hall–Kier alpha value is -0.610. The van der Waals surface area contributed by atoms with Crippen molar-refractivity contribution >= 4 is 11.6 Å². The van der Waals surface area contributed by atoms with Crippen LogP contribution in [0.15, 0.2) is 18.2 Å². The van der Waals surface area contributed by atoms with Gasteiger partial charge >= 0.3 is 0 Å². The molecule has 0 spiro atoms. The van der Waals surface area contributed by atoms with Crippen molar-refractivity contribution in [1.82, 2.24) is 5.32 Å². The Kier molecular flexibility index (Phi) is 6.11. The molecule has 4 heteroatoms. The Labute approximate surface area is 120 Å². The first-order valence-electron chi connectivity index (χ1n) is 6.89. The molecule has 0 heterocycles. The maximum absolute atomic E-state index is 6.01. The summed E-state index contributed by atoms with van der Waals surface area (Å²) in [6, 6.07) is 6.70. The van der Waals surface area contributed by atoms with Crippen molar-refractivity contribution < 1.29 is 9.47 Å². The van der Waals surface area contributed by atoms with Crippen molar-refractivity contribution in [3.63, 3.8) is 0 Å². The van der Waals surface area contributed by atoms with Gasteiger partial charge in [0.2, 0.25) is 0 Å². The van der Waals surface area contributed by atoms with E-state index in [1.54, 1.807) is 7.11 Å². The number of benzene rings is 1. The Morgan fingerprint density at radius 3 is 3.05 bits per heavy atom. The molecule has 106 valence electrons. The summed E-state index contributed by atoms with van der Waals surface area (Å²) < 4.78 is 10.4. The zero-order chi connectivity index (χ0) is 13.5. The number of hydrogen-bond acceptors (Lipinski definition) is 3. The number of nitrogens with one attached hydrogen (secondary N) is 1. The molecule has 1 unspecified atom stereocenters. The summed E-state index contributed by atoms with van der Waals surface area (Å²) in [5.74, 6) is 0. The van der Waals surface area contributed by atoms with E-state index in [-0.39, 0.29) is 0 Å². The lowest BCUT2D eigenvalue weighted by Gasteiger charge is -2.14. The van der Waals surface area contributed by atoms with Crippen LogP contribution < -0.4 is 5.32 Å². The lowest BCUT2D eigenvalue weighted by atomic mass is 10.1. The van der Waals surface area contributed by atoms with Crippen LogP contribution in [0.25, 0.3) is 0 Å². The molecule has 3 nitrogen and oxygen atoms in total. The molecule has 0 saturated carbocycles. The van der Waals surface area contributed by atoms with Gasteiger partial charge < -0.3 is 14.8 Å². The number of halogens is 1. The molecule has 0 amide bonds.